The molecule has 1 aromatic heterocycles. The maximum atomic E-state index is 12.0. The Labute approximate surface area is 129 Å². The number of aromatic nitrogens is 1. The van der Waals surface area contributed by atoms with Crippen LogP contribution in [0.4, 0.5) is 0 Å². The summed E-state index contributed by atoms with van der Waals surface area (Å²) in [6.07, 6.45) is 3.39. The van der Waals surface area contributed by atoms with Crippen molar-refractivity contribution in [2.45, 2.75) is 12.8 Å². The fourth-order valence-corrected chi connectivity index (χ4v) is 2.59. The highest BCUT2D eigenvalue weighted by molar-refractivity contribution is 5.80. The van der Waals surface area contributed by atoms with Crippen LogP contribution in [0.1, 0.15) is 12.8 Å². The van der Waals surface area contributed by atoms with E-state index < -0.39 is 0 Å². The molecule has 1 saturated heterocycles. The first-order chi connectivity index (χ1) is 10.8. The van der Waals surface area contributed by atoms with Crippen molar-refractivity contribution in [2.75, 3.05) is 26.4 Å². The lowest BCUT2D eigenvalue weighted by Crippen LogP contribution is -2.36. The van der Waals surface area contributed by atoms with Crippen LogP contribution in [0, 0.1) is 5.92 Å². The highest BCUT2D eigenvalue weighted by Crippen LogP contribution is 2.18. The Kier molecular flexibility index (Phi) is 4.85. The molecule has 0 spiro atoms. The number of carbonyl (C=O) groups excluding carboxylic acids is 1. The molecule has 0 unspecified atom stereocenters. The van der Waals surface area contributed by atoms with Crippen molar-refractivity contribution >= 4 is 16.8 Å². The van der Waals surface area contributed by atoms with Crippen LogP contribution in [0.25, 0.3) is 10.9 Å². The number of nitrogens with one attached hydrogen (secondary N) is 1. The average Bonchev–Trinajstić information content (AvgIpc) is 2.59. The SMILES string of the molecule is O=C(NCCOc1ccc2ncccc2c1)C1CCOCC1. The van der Waals surface area contributed by atoms with Gasteiger partial charge in [0.2, 0.25) is 5.91 Å². The van der Waals surface area contributed by atoms with Crippen LogP contribution in [0.5, 0.6) is 5.75 Å². The highest BCUT2D eigenvalue weighted by Gasteiger charge is 2.20. The third-order valence-corrected chi connectivity index (χ3v) is 3.84. The fraction of sp³-hybridized carbons (Fsp3) is 0.412. The molecule has 0 bridgehead atoms. The first-order valence-electron chi connectivity index (χ1n) is 7.66. The van der Waals surface area contributed by atoms with E-state index in [0.29, 0.717) is 26.4 Å². The van der Waals surface area contributed by atoms with Crippen molar-refractivity contribution in [3.8, 4) is 5.75 Å². The third kappa shape index (κ3) is 3.74. The van der Waals surface area contributed by atoms with E-state index in [1.165, 1.54) is 0 Å². The third-order valence-electron chi connectivity index (χ3n) is 3.84. The van der Waals surface area contributed by atoms with Crippen LogP contribution < -0.4 is 10.1 Å². The second-order valence-corrected chi connectivity index (χ2v) is 5.38. The van der Waals surface area contributed by atoms with Gasteiger partial charge in [0, 0.05) is 30.7 Å². The summed E-state index contributed by atoms with van der Waals surface area (Å²) < 4.78 is 10.9. The van der Waals surface area contributed by atoms with Gasteiger partial charge in [0.15, 0.2) is 0 Å². The lowest BCUT2D eigenvalue weighted by atomic mass is 9.99. The number of rotatable bonds is 5. The van der Waals surface area contributed by atoms with Crippen LogP contribution >= 0.6 is 0 Å². The van der Waals surface area contributed by atoms with Gasteiger partial charge in [-0.1, -0.05) is 6.07 Å². The molecule has 1 N–H and O–H groups in total. The maximum Gasteiger partial charge on any atom is 0.223 e. The molecule has 1 aliphatic heterocycles. The summed E-state index contributed by atoms with van der Waals surface area (Å²) in [5, 5.41) is 3.98. The molecule has 1 fully saturated rings. The van der Waals surface area contributed by atoms with Gasteiger partial charge in [-0.3, -0.25) is 9.78 Å². The first-order valence-corrected chi connectivity index (χ1v) is 7.66. The van der Waals surface area contributed by atoms with Crippen molar-refractivity contribution in [3.05, 3.63) is 36.5 Å². The van der Waals surface area contributed by atoms with Crippen LogP contribution in [0.15, 0.2) is 36.5 Å². The minimum absolute atomic E-state index is 0.0838. The number of pyridine rings is 1. The molecule has 2 heterocycles. The van der Waals surface area contributed by atoms with Crippen LogP contribution in [-0.2, 0) is 9.53 Å². The predicted octanol–water partition coefficient (Wildman–Crippen LogP) is 2.16. The number of ether oxygens (including phenoxy) is 2. The molecule has 0 aliphatic carbocycles. The molecule has 1 amide bonds. The number of amides is 1. The fourth-order valence-electron chi connectivity index (χ4n) is 2.59. The molecule has 2 aromatic rings. The van der Waals surface area contributed by atoms with E-state index >= 15 is 0 Å². The van der Waals surface area contributed by atoms with Gasteiger partial charge >= 0.3 is 0 Å². The molecular formula is C17H20N2O3. The first kappa shape index (κ1) is 14.8. The summed E-state index contributed by atoms with van der Waals surface area (Å²) >= 11 is 0. The minimum atomic E-state index is 0.0838. The lowest BCUT2D eigenvalue weighted by Gasteiger charge is -2.21. The van der Waals surface area contributed by atoms with Gasteiger partial charge in [-0.15, -0.1) is 0 Å². The smallest absolute Gasteiger partial charge is 0.223 e. The van der Waals surface area contributed by atoms with Crippen molar-refractivity contribution in [3.63, 3.8) is 0 Å². The van der Waals surface area contributed by atoms with Crippen LogP contribution in [-0.4, -0.2) is 37.3 Å². The molecule has 0 saturated carbocycles. The summed E-state index contributed by atoms with van der Waals surface area (Å²) in [7, 11) is 0. The maximum absolute atomic E-state index is 12.0. The summed E-state index contributed by atoms with van der Waals surface area (Å²) in [5.41, 5.74) is 0.947. The van der Waals surface area contributed by atoms with Gasteiger partial charge in [0.05, 0.1) is 12.1 Å². The number of benzene rings is 1. The minimum Gasteiger partial charge on any atom is -0.492 e. The normalized spacial score (nSPS) is 15.6. The second kappa shape index (κ2) is 7.22. The summed E-state index contributed by atoms with van der Waals surface area (Å²) in [6, 6.07) is 9.70. The van der Waals surface area contributed by atoms with Gasteiger partial charge < -0.3 is 14.8 Å². The Balaban J connectivity index is 1.44. The number of hydrogen-bond acceptors (Lipinski definition) is 4. The zero-order valence-electron chi connectivity index (χ0n) is 12.5. The zero-order valence-corrected chi connectivity index (χ0v) is 12.5. The van der Waals surface area contributed by atoms with Gasteiger partial charge in [-0.25, -0.2) is 0 Å². The van der Waals surface area contributed by atoms with E-state index in [1.807, 2.05) is 30.3 Å². The topological polar surface area (TPSA) is 60.5 Å². The number of fused-ring (bicyclic) bond motifs is 1. The number of carbonyl (C=O) groups is 1. The molecule has 1 aromatic carbocycles. The highest BCUT2D eigenvalue weighted by atomic mass is 16.5. The van der Waals surface area contributed by atoms with E-state index in [1.54, 1.807) is 6.20 Å². The molecular weight excluding hydrogens is 280 g/mol. The summed E-state index contributed by atoms with van der Waals surface area (Å²) in [5.74, 6) is 0.982. The van der Waals surface area contributed by atoms with Crippen molar-refractivity contribution in [1.29, 1.82) is 0 Å². The molecule has 0 atom stereocenters. The van der Waals surface area contributed by atoms with Gasteiger partial charge in [0.1, 0.15) is 12.4 Å². The largest absolute Gasteiger partial charge is 0.492 e. The molecule has 3 rings (SSSR count). The molecule has 5 heteroatoms. The number of nitrogens with zero attached hydrogens (tertiary/aromatic N) is 1. The molecule has 116 valence electrons. The van der Waals surface area contributed by atoms with Gasteiger partial charge in [-0.05, 0) is 37.1 Å². The standard InChI is InChI=1S/C17H20N2O3/c20-17(13-5-9-21-10-6-13)19-8-11-22-15-3-4-16-14(12-15)2-1-7-18-16/h1-4,7,12-13H,5-6,8-11H2,(H,19,20). The van der Waals surface area contributed by atoms with Crippen LogP contribution in [0.2, 0.25) is 0 Å². The van der Waals surface area contributed by atoms with E-state index in [9.17, 15) is 4.79 Å². The molecule has 0 radical (unpaired) electrons. The summed E-state index contributed by atoms with van der Waals surface area (Å²) in [4.78, 5) is 16.2. The second-order valence-electron chi connectivity index (χ2n) is 5.38. The monoisotopic (exact) mass is 300 g/mol. The van der Waals surface area contributed by atoms with Crippen molar-refractivity contribution < 1.29 is 14.3 Å². The van der Waals surface area contributed by atoms with E-state index in [-0.39, 0.29) is 11.8 Å². The predicted molar refractivity (Wildman–Crippen MR) is 83.8 cm³/mol. The Morgan fingerprint density at radius 1 is 1.32 bits per heavy atom. The average molecular weight is 300 g/mol. The molecule has 5 nitrogen and oxygen atoms in total. The van der Waals surface area contributed by atoms with E-state index in [0.717, 1.165) is 29.5 Å². The van der Waals surface area contributed by atoms with Crippen molar-refractivity contribution in [1.82, 2.24) is 10.3 Å². The Hall–Kier alpha value is -2.14. The zero-order chi connectivity index (χ0) is 15.2. The van der Waals surface area contributed by atoms with Crippen molar-refractivity contribution in [2.24, 2.45) is 5.92 Å². The quantitative estimate of drug-likeness (QED) is 0.860. The van der Waals surface area contributed by atoms with Gasteiger partial charge in [0.25, 0.3) is 0 Å². The van der Waals surface area contributed by atoms with Crippen LogP contribution in [0.3, 0.4) is 0 Å². The number of hydrogen-bond donors (Lipinski definition) is 1. The lowest BCUT2D eigenvalue weighted by molar-refractivity contribution is -0.127. The Morgan fingerprint density at radius 3 is 3.05 bits per heavy atom. The summed E-state index contributed by atoms with van der Waals surface area (Å²) in [6.45, 7) is 2.33. The Bertz CT molecular complexity index is 639. The van der Waals surface area contributed by atoms with Gasteiger partial charge in [-0.2, -0.15) is 0 Å². The Morgan fingerprint density at radius 2 is 2.18 bits per heavy atom. The van der Waals surface area contributed by atoms with E-state index in [2.05, 4.69) is 10.3 Å². The molecule has 22 heavy (non-hydrogen) atoms. The van der Waals surface area contributed by atoms with E-state index in [4.69, 9.17) is 9.47 Å². The molecule has 1 aliphatic rings.